The molecule has 0 aliphatic carbocycles. The van der Waals surface area contributed by atoms with Crippen LogP contribution >= 0.6 is 0 Å². The van der Waals surface area contributed by atoms with Crippen LogP contribution in [0.1, 0.15) is 10.4 Å². The Morgan fingerprint density at radius 3 is 2.56 bits per heavy atom. The van der Waals surface area contributed by atoms with Crippen LogP contribution in [0, 0.1) is 5.82 Å². The lowest BCUT2D eigenvalue weighted by Crippen LogP contribution is -2.49. The summed E-state index contributed by atoms with van der Waals surface area (Å²) in [6.07, 6.45) is 1.65. The first-order valence-corrected chi connectivity index (χ1v) is 8.84. The molecule has 0 atom stereocenters. The lowest BCUT2D eigenvalue weighted by molar-refractivity contribution is 0.0746. The Morgan fingerprint density at radius 2 is 1.89 bits per heavy atom. The maximum Gasteiger partial charge on any atom is 0.254 e. The largest absolute Gasteiger partial charge is 0.493 e. The molecule has 3 rings (SSSR count). The van der Waals surface area contributed by atoms with Gasteiger partial charge in [-0.2, -0.15) is 0 Å². The summed E-state index contributed by atoms with van der Waals surface area (Å²) in [4.78, 5) is 16.6. The number of halogens is 1. The number of amides is 1. The number of para-hydroxylation sites is 1. The summed E-state index contributed by atoms with van der Waals surface area (Å²) in [5.74, 6) is 0.764. The number of ether oxygens (including phenoxy) is 2. The zero-order valence-electron chi connectivity index (χ0n) is 15.4. The van der Waals surface area contributed by atoms with E-state index < -0.39 is 0 Å². The van der Waals surface area contributed by atoms with Crippen molar-refractivity contribution in [3.05, 3.63) is 66.5 Å². The molecule has 0 spiro atoms. The summed E-state index contributed by atoms with van der Waals surface area (Å²) < 4.78 is 24.8. The molecule has 1 aliphatic rings. The summed E-state index contributed by atoms with van der Waals surface area (Å²) in [5, 5.41) is 0. The molecule has 1 fully saturated rings. The van der Waals surface area contributed by atoms with Crippen molar-refractivity contribution < 1.29 is 18.7 Å². The summed E-state index contributed by atoms with van der Waals surface area (Å²) in [6, 6.07) is 11.9. The molecular formula is C21H23FN2O3. The van der Waals surface area contributed by atoms with Gasteiger partial charge in [-0.05, 0) is 30.3 Å². The predicted octanol–water partition coefficient (Wildman–Crippen LogP) is 3.36. The molecule has 0 aromatic heterocycles. The van der Waals surface area contributed by atoms with Crippen LogP contribution in [0.3, 0.4) is 0 Å². The third-order valence-electron chi connectivity index (χ3n) is 4.53. The highest BCUT2D eigenvalue weighted by atomic mass is 19.1. The van der Waals surface area contributed by atoms with Gasteiger partial charge in [0.05, 0.1) is 12.8 Å². The predicted molar refractivity (Wildman–Crippen MR) is 103 cm³/mol. The zero-order chi connectivity index (χ0) is 19.2. The zero-order valence-corrected chi connectivity index (χ0v) is 15.4. The van der Waals surface area contributed by atoms with Crippen molar-refractivity contribution in [2.45, 2.75) is 0 Å². The van der Waals surface area contributed by atoms with Gasteiger partial charge < -0.3 is 19.3 Å². The average molecular weight is 370 g/mol. The van der Waals surface area contributed by atoms with Crippen molar-refractivity contribution in [2.75, 3.05) is 44.8 Å². The molecule has 5 nitrogen and oxygen atoms in total. The first kappa shape index (κ1) is 18.8. The van der Waals surface area contributed by atoms with Gasteiger partial charge in [-0.15, -0.1) is 0 Å². The maximum absolute atomic E-state index is 14.0. The Labute approximate surface area is 158 Å². The third-order valence-corrected chi connectivity index (χ3v) is 4.53. The molecule has 1 aliphatic heterocycles. The van der Waals surface area contributed by atoms with E-state index in [2.05, 4.69) is 6.58 Å². The molecular weight excluding hydrogens is 347 g/mol. The molecule has 0 unspecified atom stereocenters. The highest BCUT2D eigenvalue weighted by molar-refractivity contribution is 5.95. The molecule has 2 aromatic rings. The highest BCUT2D eigenvalue weighted by Gasteiger charge is 2.24. The van der Waals surface area contributed by atoms with E-state index in [0.717, 1.165) is 0 Å². The molecule has 6 heteroatoms. The molecule has 142 valence electrons. The van der Waals surface area contributed by atoms with Crippen molar-refractivity contribution in [3.63, 3.8) is 0 Å². The van der Waals surface area contributed by atoms with Gasteiger partial charge in [-0.25, -0.2) is 4.39 Å². The van der Waals surface area contributed by atoms with Gasteiger partial charge in [-0.1, -0.05) is 24.8 Å². The van der Waals surface area contributed by atoms with E-state index in [4.69, 9.17) is 9.47 Å². The number of hydrogen-bond acceptors (Lipinski definition) is 4. The van der Waals surface area contributed by atoms with Crippen LogP contribution in [0.4, 0.5) is 10.1 Å². The van der Waals surface area contributed by atoms with E-state index in [1.54, 1.807) is 41.3 Å². The Hall–Kier alpha value is -3.02. The van der Waals surface area contributed by atoms with Crippen LogP contribution in [0.25, 0.3) is 0 Å². The number of hydrogen-bond donors (Lipinski definition) is 0. The summed E-state index contributed by atoms with van der Waals surface area (Å²) in [7, 11) is 1.54. The van der Waals surface area contributed by atoms with Crippen molar-refractivity contribution in [2.24, 2.45) is 0 Å². The van der Waals surface area contributed by atoms with Gasteiger partial charge in [0.25, 0.3) is 5.91 Å². The number of methoxy groups -OCH3 is 1. The van der Waals surface area contributed by atoms with Gasteiger partial charge in [0, 0.05) is 31.7 Å². The first-order chi connectivity index (χ1) is 13.1. The van der Waals surface area contributed by atoms with Crippen LogP contribution in [-0.2, 0) is 0 Å². The molecule has 0 radical (unpaired) electrons. The Bertz CT molecular complexity index is 817. The molecule has 0 bridgehead atoms. The number of anilines is 1. The summed E-state index contributed by atoms with van der Waals surface area (Å²) in [6.45, 7) is 6.22. The smallest absolute Gasteiger partial charge is 0.254 e. The quantitative estimate of drug-likeness (QED) is 0.732. The minimum absolute atomic E-state index is 0.0724. The minimum Gasteiger partial charge on any atom is -0.493 e. The Balaban J connectivity index is 1.67. The number of carbonyl (C=O) groups is 1. The lowest BCUT2D eigenvalue weighted by Gasteiger charge is -2.36. The number of benzene rings is 2. The van der Waals surface area contributed by atoms with Crippen LogP contribution < -0.4 is 14.4 Å². The fourth-order valence-corrected chi connectivity index (χ4v) is 3.11. The van der Waals surface area contributed by atoms with E-state index >= 15 is 0 Å². The molecule has 27 heavy (non-hydrogen) atoms. The molecule has 1 amide bonds. The summed E-state index contributed by atoms with van der Waals surface area (Å²) in [5.41, 5.74) is 1.12. The molecule has 1 saturated heterocycles. The van der Waals surface area contributed by atoms with Crippen LogP contribution in [0.2, 0.25) is 0 Å². The van der Waals surface area contributed by atoms with Gasteiger partial charge >= 0.3 is 0 Å². The second-order valence-corrected chi connectivity index (χ2v) is 6.20. The van der Waals surface area contributed by atoms with E-state index in [0.29, 0.717) is 55.5 Å². The highest BCUT2D eigenvalue weighted by Crippen LogP contribution is 2.29. The van der Waals surface area contributed by atoms with Crippen molar-refractivity contribution in [3.8, 4) is 11.5 Å². The normalized spacial score (nSPS) is 14.0. The van der Waals surface area contributed by atoms with Crippen LogP contribution in [-0.4, -0.2) is 50.7 Å². The van der Waals surface area contributed by atoms with E-state index in [1.807, 2.05) is 11.0 Å². The van der Waals surface area contributed by atoms with E-state index in [-0.39, 0.29) is 11.7 Å². The number of carbonyl (C=O) groups excluding carboxylic acids is 1. The number of rotatable bonds is 6. The molecule has 0 saturated carbocycles. The second kappa shape index (κ2) is 8.58. The monoisotopic (exact) mass is 370 g/mol. The SMILES string of the molecule is C=CCOc1ccc(C(=O)N2CCN(c3ccccc3F)CC2)cc1OC. The van der Waals surface area contributed by atoms with E-state index in [9.17, 15) is 9.18 Å². The Morgan fingerprint density at radius 1 is 1.15 bits per heavy atom. The average Bonchev–Trinajstić information content (AvgIpc) is 2.72. The molecule has 0 N–H and O–H groups in total. The fraction of sp³-hybridized carbons (Fsp3) is 0.286. The van der Waals surface area contributed by atoms with Crippen molar-refractivity contribution in [1.82, 2.24) is 4.90 Å². The number of nitrogens with zero attached hydrogens (tertiary/aromatic N) is 2. The summed E-state index contributed by atoms with van der Waals surface area (Å²) >= 11 is 0. The molecule has 2 aromatic carbocycles. The standard InChI is InChI=1S/C21H23FN2O3/c1-3-14-27-19-9-8-16(15-20(19)26-2)21(25)24-12-10-23(11-13-24)18-7-5-4-6-17(18)22/h3-9,15H,1,10-14H2,2H3. The minimum atomic E-state index is -0.239. The van der Waals surface area contributed by atoms with E-state index in [1.165, 1.54) is 13.2 Å². The van der Waals surface area contributed by atoms with Crippen molar-refractivity contribution >= 4 is 11.6 Å². The molecule has 1 heterocycles. The Kier molecular flexibility index (Phi) is 5.96. The maximum atomic E-state index is 14.0. The third kappa shape index (κ3) is 4.22. The van der Waals surface area contributed by atoms with Gasteiger partial charge in [0.2, 0.25) is 0 Å². The van der Waals surface area contributed by atoms with Crippen LogP contribution in [0.15, 0.2) is 55.1 Å². The van der Waals surface area contributed by atoms with Gasteiger partial charge in [-0.3, -0.25) is 4.79 Å². The van der Waals surface area contributed by atoms with Crippen molar-refractivity contribution in [1.29, 1.82) is 0 Å². The van der Waals surface area contributed by atoms with Gasteiger partial charge in [0.1, 0.15) is 12.4 Å². The fourth-order valence-electron chi connectivity index (χ4n) is 3.11. The van der Waals surface area contributed by atoms with Gasteiger partial charge in [0.15, 0.2) is 11.5 Å². The lowest BCUT2D eigenvalue weighted by atomic mass is 10.1. The second-order valence-electron chi connectivity index (χ2n) is 6.20. The van der Waals surface area contributed by atoms with Crippen LogP contribution in [0.5, 0.6) is 11.5 Å². The number of piperazine rings is 1. The topological polar surface area (TPSA) is 42.0 Å². The first-order valence-electron chi connectivity index (χ1n) is 8.84.